The molecule has 0 radical (unpaired) electrons. The summed E-state index contributed by atoms with van der Waals surface area (Å²) in [4.78, 5) is 40.9. The van der Waals surface area contributed by atoms with E-state index in [1.807, 2.05) is 74.5 Å². The van der Waals surface area contributed by atoms with E-state index >= 15 is 0 Å². The summed E-state index contributed by atoms with van der Waals surface area (Å²) in [5, 5.41) is 0. The number of ketones is 1. The molecule has 1 aliphatic carbocycles. The largest absolute Gasteiger partial charge is 0.460 e. The highest BCUT2D eigenvalue weighted by molar-refractivity contribution is 6.06. The number of amides is 1. The van der Waals surface area contributed by atoms with Gasteiger partial charge in [0.15, 0.2) is 5.78 Å². The van der Waals surface area contributed by atoms with Gasteiger partial charge in [-0.2, -0.15) is 0 Å². The van der Waals surface area contributed by atoms with Crippen LogP contribution in [0.4, 0.5) is 0 Å². The minimum atomic E-state index is -0.990. The van der Waals surface area contributed by atoms with Crippen LogP contribution in [-0.4, -0.2) is 22.6 Å². The maximum Gasteiger partial charge on any atom is 0.319 e. The van der Waals surface area contributed by atoms with E-state index in [4.69, 9.17) is 4.74 Å². The molecule has 2 aromatic rings. The average Bonchev–Trinajstić information content (AvgIpc) is 2.75. The van der Waals surface area contributed by atoms with E-state index in [0.717, 1.165) is 16.8 Å². The van der Waals surface area contributed by atoms with Crippen LogP contribution < -0.4 is 0 Å². The first-order valence-electron chi connectivity index (χ1n) is 10.7. The summed E-state index contributed by atoms with van der Waals surface area (Å²) in [5.41, 5.74) is 2.97. The molecule has 31 heavy (non-hydrogen) atoms. The second-order valence-corrected chi connectivity index (χ2v) is 9.13. The molecule has 0 spiro atoms. The molecule has 5 heteroatoms. The number of ether oxygens (including phenoxy) is 1. The highest BCUT2D eigenvalue weighted by Crippen LogP contribution is 2.43. The Morgan fingerprint density at radius 3 is 2.23 bits per heavy atom. The first-order valence-corrected chi connectivity index (χ1v) is 10.7. The molecule has 0 N–H and O–H groups in total. The molecule has 2 aliphatic rings. The van der Waals surface area contributed by atoms with Crippen LogP contribution in [0.5, 0.6) is 0 Å². The molecule has 1 atom stereocenters. The molecule has 0 fully saturated rings. The van der Waals surface area contributed by atoms with E-state index in [-0.39, 0.29) is 30.1 Å². The normalized spacial score (nSPS) is 20.5. The molecule has 1 amide bonds. The quantitative estimate of drug-likeness (QED) is 0.534. The fraction of sp³-hybridized carbons (Fsp3) is 0.346. The van der Waals surface area contributed by atoms with E-state index in [1.54, 1.807) is 4.90 Å². The van der Waals surface area contributed by atoms with Gasteiger partial charge in [-0.25, -0.2) is 0 Å². The van der Waals surface area contributed by atoms with Gasteiger partial charge >= 0.3 is 5.97 Å². The standard InChI is InChI=1S/C26H27NO4/c1-26(2)14-22-20(23(28)15-26)13-21(25(30)31-17-19-11-7-4-8-12-19)24(29)27(22)16-18-9-5-3-6-10-18/h3-12,21H,13-17H2,1-2H3. The van der Waals surface area contributed by atoms with Gasteiger partial charge in [-0.1, -0.05) is 74.5 Å². The van der Waals surface area contributed by atoms with Gasteiger partial charge in [0.1, 0.15) is 12.5 Å². The van der Waals surface area contributed by atoms with Gasteiger partial charge in [0.05, 0.1) is 6.54 Å². The Kier molecular flexibility index (Phi) is 5.77. The van der Waals surface area contributed by atoms with E-state index in [2.05, 4.69) is 0 Å². The van der Waals surface area contributed by atoms with Gasteiger partial charge < -0.3 is 9.64 Å². The summed E-state index contributed by atoms with van der Waals surface area (Å²) in [6, 6.07) is 19.0. The molecule has 1 heterocycles. The van der Waals surface area contributed by atoms with Crippen molar-refractivity contribution in [2.75, 3.05) is 0 Å². The number of benzene rings is 2. The molecule has 1 aliphatic heterocycles. The van der Waals surface area contributed by atoms with Crippen molar-refractivity contribution in [2.45, 2.75) is 46.3 Å². The number of rotatable bonds is 5. The van der Waals surface area contributed by atoms with E-state index < -0.39 is 11.9 Å². The van der Waals surface area contributed by atoms with Crippen molar-refractivity contribution in [3.63, 3.8) is 0 Å². The van der Waals surface area contributed by atoms with Gasteiger partial charge in [-0.15, -0.1) is 0 Å². The Morgan fingerprint density at radius 1 is 0.968 bits per heavy atom. The second kappa shape index (κ2) is 8.50. The Labute approximate surface area is 182 Å². The predicted molar refractivity (Wildman–Crippen MR) is 116 cm³/mol. The zero-order valence-electron chi connectivity index (χ0n) is 18.0. The molecule has 0 aromatic heterocycles. The Hall–Kier alpha value is -3.21. The molecule has 5 nitrogen and oxygen atoms in total. The minimum absolute atomic E-state index is 0.0256. The highest BCUT2D eigenvalue weighted by Gasteiger charge is 2.45. The predicted octanol–water partition coefficient (Wildman–Crippen LogP) is 4.42. The van der Waals surface area contributed by atoms with Gasteiger partial charge in [-0.05, 0) is 29.4 Å². The van der Waals surface area contributed by atoms with Crippen molar-refractivity contribution in [3.05, 3.63) is 83.1 Å². The highest BCUT2D eigenvalue weighted by atomic mass is 16.5. The summed E-state index contributed by atoms with van der Waals surface area (Å²) in [7, 11) is 0. The number of carbonyl (C=O) groups excluding carboxylic acids is 3. The number of nitrogens with zero attached hydrogens (tertiary/aromatic N) is 1. The summed E-state index contributed by atoms with van der Waals surface area (Å²) in [5.74, 6) is -1.82. The van der Waals surface area contributed by atoms with Crippen molar-refractivity contribution < 1.29 is 19.1 Å². The number of hydrogen-bond donors (Lipinski definition) is 0. The van der Waals surface area contributed by atoms with Crippen LogP contribution in [-0.2, 0) is 32.3 Å². The fourth-order valence-electron chi connectivity index (χ4n) is 4.38. The monoisotopic (exact) mass is 417 g/mol. The average molecular weight is 418 g/mol. The molecule has 160 valence electrons. The summed E-state index contributed by atoms with van der Waals surface area (Å²) < 4.78 is 5.47. The van der Waals surface area contributed by atoms with Crippen LogP contribution in [0.2, 0.25) is 0 Å². The number of allylic oxidation sites excluding steroid dienone is 2. The van der Waals surface area contributed by atoms with Crippen LogP contribution in [0, 0.1) is 11.3 Å². The van der Waals surface area contributed by atoms with E-state index in [9.17, 15) is 14.4 Å². The third-order valence-electron chi connectivity index (χ3n) is 5.96. The molecule has 2 aromatic carbocycles. The van der Waals surface area contributed by atoms with Crippen LogP contribution >= 0.6 is 0 Å². The van der Waals surface area contributed by atoms with Crippen molar-refractivity contribution in [1.29, 1.82) is 0 Å². The lowest BCUT2D eigenvalue weighted by Gasteiger charge is -2.41. The maximum absolute atomic E-state index is 13.4. The van der Waals surface area contributed by atoms with Crippen molar-refractivity contribution in [2.24, 2.45) is 11.3 Å². The lowest BCUT2D eigenvalue weighted by Crippen LogP contribution is -2.47. The van der Waals surface area contributed by atoms with E-state index in [0.29, 0.717) is 25.0 Å². The van der Waals surface area contributed by atoms with Crippen LogP contribution in [0.3, 0.4) is 0 Å². The van der Waals surface area contributed by atoms with E-state index in [1.165, 1.54) is 0 Å². The lowest BCUT2D eigenvalue weighted by molar-refractivity contribution is -0.157. The third-order valence-corrected chi connectivity index (χ3v) is 5.96. The zero-order valence-corrected chi connectivity index (χ0v) is 18.0. The summed E-state index contributed by atoms with van der Waals surface area (Å²) >= 11 is 0. The van der Waals surface area contributed by atoms with Crippen molar-refractivity contribution in [3.8, 4) is 0 Å². The smallest absolute Gasteiger partial charge is 0.319 e. The summed E-state index contributed by atoms with van der Waals surface area (Å²) in [6.07, 6.45) is 1.19. The maximum atomic E-state index is 13.4. The van der Waals surface area contributed by atoms with Gasteiger partial charge in [0, 0.05) is 17.7 Å². The second-order valence-electron chi connectivity index (χ2n) is 9.13. The van der Waals surface area contributed by atoms with Gasteiger partial charge in [-0.3, -0.25) is 14.4 Å². The molecule has 1 unspecified atom stereocenters. The molecule has 4 rings (SSSR count). The SMILES string of the molecule is CC1(C)CC(=O)C2=C(C1)N(Cc1ccccc1)C(=O)C(C(=O)OCc1ccccc1)C2. The molecule has 0 saturated carbocycles. The number of Topliss-reactive ketones (excluding diaryl/α,β-unsaturated/α-hetero) is 1. The topological polar surface area (TPSA) is 63.7 Å². The molecule has 0 saturated heterocycles. The number of hydrogen-bond acceptors (Lipinski definition) is 4. The lowest BCUT2D eigenvalue weighted by atomic mass is 9.72. The van der Waals surface area contributed by atoms with Crippen molar-refractivity contribution in [1.82, 2.24) is 4.90 Å². The number of esters is 1. The van der Waals surface area contributed by atoms with Crippen LogP contribution in [0.15, 0.2) is 71.9 Å². The van der Waals surface area contributed by atoms with Crippen molar-refractivity contribution >= 4 is 17.7 Å². The first-order chi connectivity index (χ1) is 14.8. The Bertz CT molecular complexity index is 1020. The number of carbonyl (C=O) groups is 3. The van der Waals surface area contributed by atoms with Crippen LogP contribution in [0.25, 0.3) is 0 Å². The minimum Gasteiger partial charge on any atom is -0.460 e. The summed E-state index contributed by atoms with van der Waals surface area (Å²) in [6.45, 7) is 4.53. The fourth-order valence-corrected chi connectivity index (χ4v) is 4.38. The molecular weight excluding hydrogens is 390 g/mol. The van der Waals surface area contributed by atoms with Gasteiger partial charge in [0.2, 0.25) is 5.91 Å². The zero-order chi connectivity index (χ0) is 22.0. The molecule has 0 bridgehead atoms. The molecular formula is C26H27NO4. The van der Waals surface area contributed by atoms with Crippen LogP contribution in [0.1, 0.15) is 44.2 Å². The Balaban J connectivity index is 1.61. The Morgan fingerprint density at radius 2 is 1.58 bits per heavy atom. The third kappa shape index (κ3) is 4.61. The van der Waals surface area contributed by atoms with Gasteiger partial charge in [0.25, 0.3) is 0 Å². The first kappa shape index (κ1) is 21.0.